The number of hydrogen-bond acceptors (Lipinski definition) is 3. The molecule has 1 amide bonds. The van der Waals surface area contributed by atoms with Crippen molar-refractivity contribution in [3.05, 3.63) is 29.1 Å². The van der Waals surface area contributed by atoms with Crippen molar-refractivity contribution in [1.29, 1.82) is 0 Å². The minimum absolute atomic E-state index is 0.0996. The highest BCUT2D eigenvalue weighted by Gasteiger charge is 2.37. The van der Waals surface area contributed by atoms with E-state index in [-0.39, 0.29) is 11.5 Å². The van der Waals surface area contributed by atoms with Crippen LogP contribution in [0.1, 0.15) is 69.1 Å². The van der Waals surface area contributed by atoms with E-state index in [1.54, 1.807) is 0 Å². The summed E-state index contributed by atoms with van der Waals surface area (Å²) in [5.74, 6) is 0.431. The third-order valence-corrected chi connectivity index (χ3v) is 5.20. The van der Waals surface area contributed by atoms with E-state index >= 15 is 0 Å². The van der Waals surface area contributed by atoms with Crippen molar-refractivity contribution >= 4 is 5.91 Å². The lowest BCUT2D eigenvalue weighted by molar-refractivity contribution is -0.0523. The Kier molecular flexibility index (Phi) is 4.81. The van der Waals surface area contributed by atoms with Gasteiger partial charge in [0.1, 0.15) is 5.69 Å². The number of likely N-dealkylation sites (tertiary alicyclic amines) is 1. The maximum absolute atomic E-state index is 13.0. The summed E-state index contributed by atoms with van der Waals surface area (Å²) in [5.41, 5.74) is 2.97. The Morgan fingerprint density at radius 2 is 2.08 bits per heavy atom. The summed E-state index contributed by atoms with van der Waals surface area (Å²) >= 11 is 0. The second-order valence-electron chi connectivity index (χ2n) is 7.37. The molecule has 1 aromatic heterocycles. The number of piperidine rings is 1. The summed E-state index contributed by atoms with van der Waals surface area (Å²) in [7, 11) is 0. The van der Waals surface area contributed by atoms with Gasteiger partial charge in [0, 0.05) is 19.6 Å². The zero-order valence-corrected chi connectivity index (χ0v) is 15.3. The van der Waals surface area contributed by atoms with Crippen molar-refractivity contribution < 1.29 is 9.53 Å². The summed E-state index contributed by atoms with van der Waals surface area (Å²) in [5, 5.41) is 4.57. The first-order valence-corrected chi connectivity index (χ1v) is 9.13. The van der Waals surface area contributed by atoms with Crippen LogP contribution in [0.3, 0.4) is 0 Å². The fourth-order valence-corrected chi connectivity index (χ4v) is 3.65. The molecule has 0 bridgehead atoms. The Hall–Kier alpha value is -1.62. The molecule has 2 aliphatic rings. The predicted molar refractivity (Wildman–Crippen MR) is 94.2 cm³/mol. The van der Waals surface area contributed by atoms with Crippen LogP contribution in [0.25, 0.3) is 0 Å². The van der Waals surface area contributed by atoms with Gasteiger partial charge >= 0.3 is 0 Å². The van der Waals surface area contributed by atoms with Gasteiger partial charge in [-0.05, 0) is 45.1 Å². The van der Waals surface area contributed by atoms with Gasteiger partial charge in [-0.3, -0.25) is 9.48 Å². The van der Waals surface area contributed by atoms with E-state index in [1.807, 2.05) is 22.6 Å². The van der Waals surface area contributed by atoms with E-state index in [1.165, 1.54) is 5.57 Å². The molecule has 0 aliphatic carbocycles. The SMILES string of the molecule is CCn1nc(C(C)C)cc1C(=O)N1CCC2(C=C(C)CCO2)CC1. The molecule has 2 aliphatic heterocycles. The van der Waals surface area contributed by atoms with Crippen LogP contribution in [0.4, 0.5) is 0 Å². The molecule has 5 heteroatoms. The normalized spacial score (nSPS) is 20.5. The Labute approximate surface area is 144 Å². The van der Waals surface area contributed by atoms with Crippen LogP contribution in [-0.2, 0) is 11.3 Å². The number of rotatable bonds is 3. The van der Waals surface area contributed by atoms with E-state index in [4.69, 9.17) is 4.74 Å². The smallest absolute Gasteiger partial charge is 0.272 e. The van der Waals surface area contributed by atoms with Gasteiger partial charge in [-0.2, -0.15) is 5.10 Å². The molecule has 3 rings (SSSR count). The molecule has 0 atom stereocenters. The molecule has 1 saturated heterocycles. The maximum atomic E-state index is 13.0. The standard InChI is InChI=1S/C19H29N3O2/c1-5-22-17(12-16(20-22)14(2)3)18(23)21-9-7-19(8-10-21)13-15(4)6-11-24-19/h12-14H,5-11H2,1-4H3. The van der Waals surface area contributed by atoms with Crippen LogP contribution >= 0.6 is 0 Å². The first-order valence-electron chi connectivity index (χ1n) is 9.13. The fourth-order valence-electron chi connectivity index (χ4n) is 3.65. The Morgan fingerprint density at radius 3 is 2.67 bits per heavy atom. The highest BCUT2D eigenvalue weighted by molar-refractivity contribution is 5.92. The van der Waals surface area contributed by atoms with Crippen molar-refractivity contribution in [1.82, 2.24) is 14.7 Å². The molecular weight excluding hydrogens is 302 g/mol. The summed E-state index contributed by atoms with van der Waals surface area (Å²) in [4.78, 5) is 14.9. The molecule has 3 heterocycles. The van der Waals surface area contributed by atoms with Gasteiger partial charge in [0.2, 0.25) is 0 Å². The van der Waals surface area contributed by atoms with E-state index in [0.29, 0.717) is 11.6 Å². The minimum atomic E-state index is -0.146. The number of aryl methyl sites for hydroxylation is 1. The highest BCUT2D eigenvalue weighted by atomic mass is 16.5. The Morgan fingerprint density at radius 1 is 1.38 bits per heavy atom. The average Bonchev–Trinajstić information content (AvgIpc) is 2.99. The third kappa shape index (κ3) is 3.27. The van der Waals surface area contributed by atoms with Gasteiger partial charge in [0.05, 0.1) is 17.9 Å². The van der Waals surface area contributed by atoms with Gasteiger partial charge in [0.25, 0.3) is 5.91 Å². The molecule has 132 valence electrons. The molecule has 5 nitrogen and oxygen atoms in total. The van der Waals surface area contributed by atoms with Crippen molar-refractivity contribution in [2.45, 2.75) is 65.0 Å². The zero-order chi connectivity index (χ0) is 17.3. The highest BCUT2D eigenvalue weighted by Crippen LogP contribution is 2.33. The van der Waals surface area contributed by atoms with E-state index in [2.05, 4.69) is 31.9 Å². The van der Waals surface area contributed by atoms with Gasteiger partial charge in [-0.25, -0.2) is 0 Å². The molecule has 1 fully saturated rings. The molecule has 24 heavy (non-hydrogen) atoms. The second-order valence-corrected chi connectivity index (χ2v) is 7.37. The molecular formula is C19H29N3O2. The predicted octanol–water partition coefficient (Wildman–Crippen LogP) is 3.37. The lowest BCUT2D eigenvalue weighted by Gasteiger charge is -2.42. The molecule has 0 radical (unpaired) electrons. The van der Waals surface area contributed by atoms with Crippen LogP contribution in [0, 0.1) is 0 Å². The number of nitrogens with zero attached hydrogens (tertiary/aromatic N) is 3. The largest absolute Gasteiger partial charge is 0.370 e. The quantitative estimate of drug-likeness (QED) is 0.798. The Bertz CT molecular complexity index is 637. The molecule has 1 spiro atoms. The summed E-state index contributed by atoms with van der Waals surface area (Å²) < 4.78 is 7.90. The fraction of sp³-hybridized carbons (Fsp3) is 0.684. The first-order chi connectivity index (χ1) is 11.4. The van der Waals surface area contributed by atoms with Gasteiger partial charge in [0.15, 0.2) is 0 Å². The van der Waals surface area contributed by atoms with Crippen molar-refractivity contribution in [3.63, 3.8) is 0 Å². The molecule has 0 N–H and O–H groups in total. The lowest BCUT2D eigenvalue weighted by Crippen LogP contribution is -2.48. The maximum Gasteiger partial charge on any atom is 0.272 e. The summed E-state index contributed by atoms with van der Waals surface area (Å²) in [6, 6.07) is 1.96. The van der Waals surface area contributed by atoms with Crippen LogP contribution in [-0.4, -0.2) is 45.9 Å². The number of aromatic nitrogens is 2. The first kappa shape index (κ1) is 17.2. The molecule has 0 aromatic carbocycles. The number of carbonyl (C=O) groups excluding carboxylic acids is 1. The topological polar surface area (TPSA) is 47.4 Å². The van der Waals surface area contributed by atoms with Crippen LogP contribution < -0.4 is 0 Å². The monoisotopic (exact) mass is 331 g/mol. The van der Waals surface area contributed by atoms with E-state index in [9.17, 15) is 4.79 Å². The van der Waals surface area contributed by atoms with Gasteiger partial charge in [-0.1, -0.05) is 25.5 Å². The van der Waals surface area contributed by atoms with Crippen molar-refractivity contribution in [2.24, 2.45) is 0 Å². The van der Waals surface area contributed by atoms with Crippen molar-refractivity contribution in [2.75, 3.05) is 19.7 Å². The van der Waals surface area contributed by atoms with E-state index < -0.39 is 0 Å². The average molecular weight is 331 g/mol. The van der Waals surface area contributed by atoms with Crippen LogP contribution in [0.5, 0.6) is 0 Å². The number of ether oxygens (including phenoxy) is 1. The summed E-state index contributed by atoms with van der Waals surface area (Å²) in [6.07, 6.45) is 5.07. The number of carbonyl (C=O) groups is 1. The van der Waals surface area contributed by atoms with Gasteiger partial charge in [-0.15, -0.1) is 0 Å². The van der Waals surface area contributed by atoms with Gasteiger partial charge < -0.3 is 9.64 Å². The zero-order valence-electron chi connectivity index (χ0n) is 15.3. The molecule has 0 unspecified atom stereocenters. The number of hydrogen-bond donors (Lipinski definition) is 0. The summed E-state index contributed by atoms with van der Waals surface area (Å²) in [6.45, 7) is 11.4. The molecule has 0 saturated carbocycles. The second kappa shape index (κ2) is 6.71. The number of amides is 1. The van der Waals surface area contributed by atoms with Crippen LogP contribution in [0.15, 0.2) is 17.7 Å². The lowest BCUT2D eigenvalue weighted by atomic mass is 9.87. The molecule has 1 aromatic rings. The minimum Gasteiger partial charge on any atom is -0.370 e. The Balaban J connectivity index is 1.73. The van der Waals surface area contributed by atoms with Crippen molar-refractivity contribution in [3.8, 4) is 0 Å². The van der Waals surface area contributed by atoms with Crippen LogP contribution in [0.2, 0.25) is 0 Å². The third-order valence-electron chi connectivity index (χ3n) is 5.20. The van der Waals surface area contributed by atoms with E-state index in [0.717, 1.165) is 51.2 Å².